The molecule has 106 valence electrons. The van der Waals surface area contributed by atoms with Gasteiger partial charge in [-0.15, -0.1) is 0 Å². The maximum atomic E-state index is 12.3. The van der Waals surface area contributed by atoms with Crippen molar-refractivity contribution in [1.29, 1.82) is 0 Å². The molecule has 5 nitrogen and oxygen atoms in total. The van der Waals surface area contributed by atoms with Crippen molar-refractivity contribution in [2.75, 3.05) is 4.72 Å². The molecule has 0 bridgehead atoms. The SMILES string of the molecule is Cc1ccc(Br)cc1S(=O)(=O)Nc1cc(Cl)nc(Cl)n1. The van der Waals surface area contributed by atoms with Crippen molar-refractivity contribution in [2.24, 2.45) is 0 Å². The average molecular weight is 397 g/mol. The van der Waals surface area contributed by atoms with Crippen LogP contribution in [0.25, 0.3) is 0 Å². The summed E-state index contributed by atoms with van der Waals surface area (Å²) in [5, 5.41) is -0.0881. The first-order valence-electron chi connectivity index (χ1n) is 5.27. The predicted molar refractivity (Wildman–Crippen MR) is 81.7 cm³/mol. The molecule has 0 fully saturated rings. The first-order chi connectivity index (χ1) is 9.28. The summed E-state index contributed by atoms with van der Waals surface area (Å²) in [4.78, 5) is 7.55. The number of anilines is 1. The topological polar surface area (TPSA) is 72.0 Å². The highest BCUT2D eigenvalue weighted by molar-refractivity contribution is 9.10. The van der Waals surface area contributed by atoms with Crippen molar-refractivity contribution in [3.05, 3.63) is 44.7 Å². The molecule has 0 amide bonds. The molecule has 0 spiro atoms. The molecule has 0 saturated heterocycles. The van der Waals surface area contributed by atoms with Crippen LogP contribution in [0.15, 0.2) is 33.6 Å². The molecule has 0 atom stereocenters. The zero-order chi connectivity index (χ0) is 14.9. The van der Waals surface area contributed by atoms with Crippen LogP contribution in [0.3, 0.4) is 0 Å². The Hall–Kier alpha value is -0.890. The van der Waals surface area contributed by atoms with E-state index < -0.39 is 10.0 Å². The van der Waals surface area contributed by atoms with Crippen molar-refractivity contribution in [1.82, 2.24) is 9.97 Å². The highest BCUT2D eigenvalue weighted by Crippen LogP contribution is 2.23. The number of aryl methyl sites for hydroxylation is 1. The number of hydrogen-bond acceptors (Lipinski definition) is 4. The number of aromatic nitrogens is 2. The minimum Gasteiger partial charge on any atom is -0.263 e. The van der Waals surface area contributed by atoms with Crippen molar-refractivity contribution in [3.63, 3.8) is 0 Å². The summed E-state index contributed by atoms with van der Waals surface area (Å²) in [5.74, 6) is 0.00868. The van der Waals surface area contributed by atoms with Gasteiger partial charge >= 0.3 is 0 Å². The van der Waals surface area contributed by atoms with Gasteiger partial charge in [0.25, 0.3) is 10.0 Å². The van der Waals surface area contributed by atoms with Crippen molar-refractivity contribution in [2.45, 2.75) is 11.8 Å². The van der Waals surface area contributed by atoms with Crippen LogP contribution < -0.4 is 4.72 Å². The summed E-state index contributed by atoms with van der Waals surface area (Å²) >= 11 is 14.6. The second kappa shape index (κ2) is 5.85. The molecule has 1 heterocycles. The summed E-state index contributed by atoms with van der Waals surface area (Å²) in [6.07, 6.45) is 0. The second-order valence-electron chi connectivity index (χ2n) is 3.86. The van der Waals surface area contributed by atoms with Gasteiger partial charge < -0.3 is 0 Å². The largest absolute Gasteiger partial charge is 0.263 e. The van der Waals surface area contributed by atoms with Gasteiger partial charge in [0.2, 0.25) is 5.28 Å². The standard InChI is InChI=1S/C11H8BrCl2N3O2S/c1-6-2-3-7(12)4-8(6)20(18,19)17-10-5-9(13)15-11(14)16-10/h2-5H,1H3,(H,15,16,17). The van der Waals surface area contributed by atoms with Crippen LogP contribution in [-0.2, 0) is 10.0 Å². The molecule has 2 rings (SSSR count). The van der Waals surface area contributed by atoms with Crippen LogP contribution in [0.2, 0.25) is 10.4 Å². The van der Waals surface area contributed by atoms with E-state index >= 15 is 0 Å². The number of rotatable bonds is 3. The maximum absolute atomic E-state index is 12.3. The number of nitrogens with zero attached hydrogens (tertiary/aromatic N) is 2. The van der Waals surface area contributed by atoms with E-state index in [0.29, 0.717) is 10.0 Å². The van der Waals surface area contributed by atoms with E-state index in [-0.39, 0.29) is 21.2 Å². The van der Waals surface area contributed by atoms with E-state index in [1.807, 2.05) is 0 Å². The Labute approximate surface area is 134 Å². The first-order valence-corrected chi connectivity index (χ1v) is 8.30. The smallest absolute Gasteiger partial charge is 0.263 e. The van der Waals surface area contributed by atoms with Crippen molar-refractivity contribution < 1.29 is 8.42 Å². The van der Waals surface area contributed by atoms with Crippen LogP contribution in [-0.4, -0.2) is 18.4 Å². The van der Waals surface area contributed by atoms with Gasteiger partial charge in [-0.25, -0.2) is 13.4 Å². The van der Waals surface area contributed by atoms with Gasteiger partial charge in [-0.3, -0.25) is 4.72 Å². The Morgan fingerprint density at radius 1 is 1.20 bits per heavy atom. The molecule has 20 heavy (non-hydrogen) atoms. The molecule has 0 aliphatic rings. The average Bonchev–Trinajstić information content (AvgIpc) is 2.30. The minimum absolute atomic E-state index is 0.00868. The Bertz CT molecular complexity index is 748. The molecule has 2 aromatic rings. The molecule has 1 aromatic carbocycles. The molecule has 0 unspecified atom stereocenters. The third-order valence-electron chi connectivity index (χ3n) is 2.35. The van der Waals surface area contributed by atoms with Gasteiger partial charge in [-0.1, -0.05) is 33.6 Å². The van der Waals surface area contributed by atoms with Gasteiger partial charge in [0.05, 0.1) is 4.90 Å². The summed E-state index contributed by atoms with van der Waals surface area (Å²) < 4.78 is 27.6. The number of hydrogen-bond donors (Lipinski definition) is 1. The quantitative estimate of drug-likeness (QED) is 0.634. The molecule has 9 heteroatoms. The van der Waals surface area contributed by atoms with Gasteiger partial charge in [-0.05, 0) is 36.2 Å². The van der Waals surface area contributed by atoms with Crippen LogP contribution in [0.5, 0.6) is 0 Å². The number of nitrogens with one attached hydrogen (secondary N) is 1. The zero-order valence-electron chi connectivity index (χ0n) is 10.1. The Morgan fingerprint density at radius 2 is 1.90 bits per heavy atom. The molecular weight excluding hydrogens is 389 g/mol. The van der Waals surface area contributed by atoms with E-state index in [4.69, 9.17) is 23.2 Å². The fourth-order valence-corrected chi connectivity index (χ4v) is 3.68. The fourth-order valence-electron chi connectivity index (χ4n) is 1.50. The van der Waals surface area contributed by atoms with Gasteiger partial charge in [0.1, 0.15) is 11.0 Å². The van der Waals surface area contributed by atoms with Gasteiger partial charge in [0.15, 0.2) is 0 Å². The van der Waals surface area contributed by atoms with Crippen molar-refractivity contribution >= 4 is 55.0 Å². The van der Waals surface area contributed by atoms with E-state index in [0.717, 1.165) is 0 Å². The Morgan fingerprint density at radius 3 is 2.55 bits per heavy atom. The van der Waals surface area contributed by atoms with Gasteiger partial charge in [0, 0.05) is 10.5 Å². The van der Waals surface area contributed by atoms with Crippen LogP contribution in [0, 0.1) is 6.92 Å². The lowest BCUT2D eigenvalue weighted by molar-refractivity contribution is 0.600. The van der Waals surface area contributed by atoms with E-state index in [2.05, 4.69) is 30.6 Å². The van der Waals surface area contributed by atoms with Crippen LogP contribution in [0.4, 0.5) is 5.82 Å². The second-order valence-corrected chi connectivity index (χ2v) is 7.15. The van der Waals surface area contributed by atoms with Crippen LogP contribution in [0.1, 0.15) is 5.56 Å². The Kier molecular flexibility index (Phi) is 4.53. The summed E-state index contributed by atoms with van der Waals surface area (Å²) in [5.41, 5.74) is 0.604. The monoisotopic (exact) mass is 395 g/mol. The summed E-state index contributed by atoms with van der Waals surface area (Å²) in [6, 6.07) is 6.23. The molecule has 1 N–H and O–H groups in total. The lowest BCUT2D eigenvalue weighted by Crippen LogP contribution is -2.15. The zero-order valence-corrected chi connectivity index (χ0v) is 14.0. The first kappa shape index (κ1) is 15.5. The molecule has 0 aliphatic heterocycles. The molecule has 0 radical (unpaired) electrons. The highest BCUT2D eigenvalue weighted by atomic mass is 79.9. The summed E-state index contributed by atoms with van der Waals surface area (Å²) in [7, 11) is -3.79. The third kappa shape index (κ3) is 3.60. The maximum Gasteiger partial charge on any atom is 0.263 e. The van der Waals surface area contributed by atoms with Crippen LogP contribution >= 0.6 is 39.1 Å². The number of benzene rings is 1. The predicted octanol–water partition coefficient (Wildman–Crippen LogP) is 3.66. The summed E-state index contributed by atoms with van der Waals surface area (Å²) in [6.45, 7) is 1.70. The highest BCUT2D eigenvalue weighted by Gasteiger charge is 2.18. The van der Waals surface area contributed by atoms with Gasteiger partial charge in [-0.2, -0.15) is 4.98 Å². The van der Waals surface area contributed by atoms with Crippen molar-refractivity contribution in [3.8, 4) is 0 Å². The van der Waals surface area contributed by atoms with E-state index in [1.54, 1.807) is 19.1 Å². The minimum atomic E-state index is -3.79. The lowest BCUT2D eigenvalue weighted by Gasteiger charge is -2.10. The molecule has 0 saturated carbocycles. The third-order valence-corrected chi connectivity index (χ3v) is 4.70. The molecule has 1 aromatic heterocycles. The molecule has 0 aliphatic carbocycles. The Balaban J connectivity index is 2.43. The fraction of sp³-hybridized carbons (Fsp3) is 0.0909. The molecular formula is C11H8BrCl2N3O2S. The number of halogens is 3. The van der Waals surface area contributed by atoms with E-state index in [9.17, 15) is 8.42 Å². The lowest BCUT2D eigenvalue weighted by atomic mass is 10.2. The normalized spacial score (nSPS) is 11.4. The van der Waals surface area contributed by atoms with E-state index in [1.165, 1.54) is 12.1 Å². The number of sulfonamides is 1.